The highest BCUT2D eigenvalue weighted by Crippen LogP contribution is 2.59. The normalized spacial score (nSPS) is 56.0. The standard InChI is InChI=1S/C5H5N7/c1-2-12-5(10-11-12)4(8-9-5)3(1)6-7-4/h3H,1-2H2. The van der Waals surface area contributed by atoms with Crippen LogP contribution in [0.2, 0.25) is 0 Å². The molecule has 0 aromatic carbocycles. The third-order valence-electron chi connectivity index (χ3n) is 2.92. The van der Waals surface area contributed by atoms with E-state index in [2.05, 4.69) is 30.8 Å². The molecule has 60 valence electrons. The highest BCUT2D eigenvalue weighted by Gasteiger charge is 2.77. The van der Waals surface area contributed by atoms with Crippen LogP contribution in [0.4, 0.5) is 0 Å². The van der Waals surface area contributed by atoms with Gasteiger partial charge in [0.2, 0.25) is 0 Å². The van der Waals surface area contributed by atoms with Crippen LogP contribution in [0.25, 0.3) is 0 Å². The van der Waals surface area contributed by atoms with E-state index in [0.717, 1.165) is 13.0 Å². The molecule has 0 bridgehead atoms. The Morgan fingerprint density at radius 3 is 2.58 bits per heavy atom. The lowest BCUT2D eigenvalue weighted by Gasteiger charge is -2.58. The van der Waals surface area contributed by atoms with Gasteiger partial charge in [-0.05, 0) is 6.42 Å². The van der Waals surface area contributed by atoms with E-state index < -0.39 is 11.4 Å². The van der Waals surface area contributed by atoms with Crippen molar-refractivity contribution in [1.82, 2.24) is 5.01 Å². The van der Waals surface area contributed by atoms with Crippen LogP contribution >= 0.6 is 0 Å². The van der Waals surface area contributed by atoms with Crippen LogP contribution < -0.4 is 0 Å². The number of hydrogen-bond acceptors (Lipinski definition) is 7. The van der Waals surface area contributed by atoms with E-state index in [1.807, 2.05) is 5.01 Å². The summed E-state index contributed by atoms with van der Waals surface area (Å²) in [6.07, 6.45) is 0.962. The van der Waals surface area contributed by atoms with Crippen molar-refractivity contribution < 1.29 is 0 Å². The molecule has 4 aliphatic heterocycles. The molecule has 0 aliphatic carbocycles. The van der Waals surface area contributed by atoms with Crippen LogP contribution in [0.1, 0.15) is 6.42 Å². The summed E-state index contributed by atoms with van der Waals surface area (Å²) in [5.41, 5.74) is -0.465. The Hall–Kier alpha value is -1.40. The van der Waals surface area contributed by atoms with Crippen LogP contribution in [0.3, 0.4) is 0 Å². The molecule has 7 nitrogen and oxygen atoms in total. The first-order chi connectivity index (χ1) is 5.87. The van der Waals surface area contributed by atoms with Crippen molar-refractivity contribution in [1.29, 1.82) is 0 Å². The highest BCUT2D eigenvalue weighted by molar-refractivity contribution is 5.24. The summed E-state index contributed by atoms with van der Waals surface area (Å²) in [6, 6.07) is 0.200. The minimum absolute atomic E-state index is 0.200. The lowest BCUT2D eigenvalue weighted by molar-refractivity contribution is -0.154. The Bertz CT molecular complexity index is 325. The molecule has 7 heteroatoms. The predicted molar refractivity (Wildman–Crippen MR) is 35.1 cm³/mol. The SMILES string of the molecule is C1CN2N=NC23N=NC32N=NC12. The van der Waals surface area contributed by atoms with Gasteiger partial charge in [-0.1, -0.05) is 5.22 Å². The van der Waals surface area contributed by atoms with Crippen molar-refractivity contribution in [2.24, 2.45) is 30.8 Å². The van der Waals surface area contributed by atoms with Crippen molar-refractivity contribution in [2.45, 2.75) is 23.9 Å². The monoisotopic (exact) mass is 163 g/mol. The molecule has 0 saturated carbocycles. The Morgan fingerprint density at radius 1 is 1.17 bits per heavy atom. The lowest BCUT2D eigenvalue weighted by Crippen LogP contribution is -2.76. The van der Waals surface area contributed by atoms with Gasteiger partial charge in [0.1, 0.15) is 6.04 Å². The van der Waals surface area contributed by atoms with E-state index in [0.29, 0.717) is 0 Å². The third kappa shape index (κ3) is 0.261. The zero-order valence-corrected chi connectivity index (χ0v) is 6.12. The molecule has 1 fully saturated rings. The molecule has 0 amide bonds. The topological polar surface area (TPSA) is 77.4 Å². The van der Waals surface area contributed by atoms with Gasteiger partial charge in [0.05, 0.1) is 0 Å². The maximum Gasteiger partial charge on any atom is 0.333 e. The van der Waals surface area contributed by atoms with Crippen LogP contribution in [0.5, 0.6) is 0 Å². The van der Waals surface area contributed by atoms with Crippen molar-refractivity contribution in [2.75, 3.05) is 6.54 Å². The van der Waals surface area contributed by atoms with E-state index in [1.54, 1.807) is 0 Å². The molecule has 3 unspecified atom stereocenters. The summed E-state index contributed by atoms with van der Waals surface area (Å²) >= 11 is 0. The van der Waals surface area contributed by atoms with Crippen molar-refractivity contribution in [3.63, 3.8) is 0 Å². The van der Waals surface area contributed by atoms with Gasteiger partial charge in [-0.25, -0.2) is 5.01 Å². The zero-order valence-electron chi connectivity index (χ0n) is 6.12. The minimum Gasteiger partial charge on any atom is -0.225 e. The molecule has 4 heterocycles. The summed E-state index contributed by atoms with van der Waals surface area (Å²) in [6.45, 7) is 0.869. The Labute approximate surface area is 67.2 Å². The van der Waals surface area contributed by atoms with Crippen LogP contribution in [0, 0.1) is 0 Å². The quantitative estimate of drug-likeness (QED) is 0.518. The molecule has 4 rings (SSSR count). The number of hydrogen-bond donors (Lipinski definition) is 0. The van der Waals surface area contributed by atoms with Gasteiger partial charge in [-0.3, -0.25) is 0 Å². The van der Waals surface area contributed by atoms with Gasteiger partial charge in [0, 0.05) is 6.54 Å². The van der Waals surface area contributed by atoms with Crippen molar-refractivity contribution in [3.05, 3.63) is 0 Å². The van der Waals surface area contributed by atoms with E-state index >= 15 is 0 Å². The maximum absolute atomic E-state index is 4.03. The molecule has 3 atom stereocenters. The molecule has 0 aromatic heterocycles. The summed E-state index contributed by atoms with van der Waals surface area (Å²) in [4.78, 5) is 0. The largest absolute Gasteiger partial charge is 0.333 e. The van der Waals surface area contributed by atoms with Gasteiger partial charge < -0.3 is 0 Å². The number of rotatable bonds is 0. The van der Waals surface area contributed by atoms with Crippen LogP contribution in [-0.4, -0.2) is 29.0 Å². The van der Waals surface area contributed by atoms with Gasteiger partial charge in [-0.2, -0.15) is 10.2 Å². The zero-order chi connectivity index (χ0) is 7.81. The molecule has 0 radical (unpaired) electrons. The molecule has 2 spiro atoms. The van der Waals surface area contributed by atoms with Crippen LogP contribution in [-0.2, 0) is 0 Å². The summed E-state index contributed by atoms with van der Waals surface area (Å²) < 4.78 is 0. The average Bonchev–Trinajstić information content (AvgIpc) is 1.89. The fourth-order valence-corrected chi connectivity index (χ4v) is 2.10. The highest BCUT2D eigenvalue weighted by atomic mass is 15.8. The van der Waals surface area contributed by atoms with Crippen molar-refractivity contribution in [3.8, 4) is 0 Å². The van der Waals surface area contributed by atoms with E-state index in [4.69, 9.17) is 0 Å². The van der Waals surface area contributed by atoms with E-state index in [9.17, 15) is 0 Å². The van der Waals surface area contributed by atoms with E-state index in [-0.39, 0.29) is 6.04 Å². The second kappa shape index (κ2) is 1.17. The van der Waals surface area contributed by atoms with Crippen LogP contribution in [0.15, 0.2) is 30.8 Å². The molecule has 0 N–H and O–H groups in total. The fourth-order valence-electron chi connectivity index (χ4n) is 2.10. The first kappa shape index (κ1) is 5.28. The summed E-state index contributed by atoms with van der Waals surface area (Å²) in [5, 5.41) is 25.8. The first-order valence-corrected chi connectivity index (χ1v) is 3.94. The molecule has 0 aromatic rings. The smallest absolute Gasteiger partial charge is 0.225 e. The number of piperidine rings is 1. The summed E-state index contributed by atoms with van der Waals surface area (Å²) in [5.74, 6) is -0.558. The molecule has 12 heavy (non-hydrogen) atoms. The fraction of sp³-hybridized carbons (Fsp3) is 1.00. The second-order valence-corrected chi connectivity index (χ2v) is 3.39. The minimum atomic E-state index is -0.558. The first-order valence-electron chi connectivity index (χ1n) is 3.94. The lowest BCUT2D eigenvalue weighted by atomic mass is 9.82. The Kier molecular flexibility index (Phi) is 0.516. The van der Waals surface area contributed by atoms with Gasteiger partial charge >= 0.3 is 5.79 Å². The van der Waals surface area contributed by atoms with E-state index in [1.165, 1.54) is 0 Å². The molecule has 1 saturated heterocycles. The molecular weight excluding hydrogens is 158 g/mol. The van der Waals surface area contributed by atoms with Gasteiger partial charge in [0.15, 0.2) is 0 Å². The maximum atomic E-state index is 4.03. The summed E-state index contributed by atoms with van der Waals surface area (Å²) in [7, 11) is 0. The third-order valence-corrected chi connectivity index (χ3v) is 2.92. The Morgan fingerprint density at radius 2 is 2.17 bits per heavy atom. The average molecular weight is 163 g/mol. The molecular formula is C5H5N7. The van der Waals surface area contributed by atoms with Gasteiger partial charge in [-0.15, -0.1) is 15.3 Å². The number of nitrogens with zero attached hydrogens (tertiary/aromatic N) is 7. The number of azo groups is 2. The predicted octanol–water partition coefficient (Wildman–Crippen LogP) is 0.723. The van der Waals surface area contributed by atoms with Gasteiger partial charge in [0.25, 0.3) is 5.66 Å². The second-order valence-electron chi connectivity index (χ2n) is 3.39. The Balaban J connectivity index is 1.98. The molecule has 4 aliphatic rings. The van der Waals surface area contributed by atoms with Crippen molar-refractivity contribution >= 4 is 0 Å².